The van der Waals surface area contributed by atoms with Crippen LogP contribution >= 0.6 is 0 Å². The fraction of sp³-hybridized carbons (Fsp3) is 0.250. The maximum atomic E-state index is 12.3. The molecular weight excluding hydrogens is 362 g/mol. The molecule has 144 valence electrons. The summed E-state index contributed by atoms with van der Waals surface area (Å²) in [7, 11) is 0. The van der Waals surface area contributed by atoms with E-state index in [9.17, 15) is 19.7 Å². The Bertz CT molecular complexity index is 1130. The van der Waals surface area contributed by atoms with Gasteiger partial charge >= 0.3 is 5.97 Å². The van der Waals surface area contributed by atoms with Crippen LogP contribution in [0.1, 0.15) is 42.5 Å². The lowest BCUT2D eigenvalue weighted by atomic mass is 9.85. The molecule has 0 unspecified atom stereocenters. The molecule has 0 aliphatic carbocycles. The second-order valence-corrected chi connectivity index (χ2v) is 7.34. The summed E-state index contributed by atoms with van der Waals surface area (Å²) in [6, 6.07) is 11.1. The zero-order valence-electron chi connectivity index (χ0n) is 15.7. The van der Waals surface area contributed by atoms with Crippen molar-refractivity contribution in [2.24, 2.45) is 0 Å². The lowest BCUT2D eigenvalue weighted by molar-refractivity contribution is -0.386. The molecule has 1 heterocycles. The van der Waals surface area contributed by atoms with Crippen LogP contribution < -0.4 is 5.56 Å². The van der Waals surface area contributed by atoms with Crippen LogP contribution in [0.25, 0.3) is 10.9 Å². The first kappa shape index (κ1) is 19.2. The van der Waals surface area contributed by atoms with E-state index in [2.05, 4.69) is 9.97 Å². The summed E-state index contributed by atoms with van der Waals surface area (Å²) < 4.78 is 5.18. The van der Waals surface area contributed by atoms with Crippen molar-refractivity contribution < 1.29 is 14.5 Å². The molecule has 0 aliphatic heterocycles. The summed E-state index contributed by atoms with van der Waals surface area (Å²) in [6.07, 6.45) is 0. The molecule has 0 atom stereocenters. The molecule has 0 spiro atoms. The standard InChI is InChI=1S/C20H19N3O5/c1-20(2,3)14-9-8-12(10-16(14)23(26)27)19(25)28-11-17-21-15-7-5-4-6-13(15)18(24)22-17/h4-10H,11H2,1-3H3,(H,21,22,24). The average molecular weight is 381 g/mol. The summed E-state index contributed by atoms with van der Waals surface area (Å²) >= 11 is 0. The van der Waals surface area contributed by atoms with Crippen molar-refractivity contribution in [3.05, 3.63) is 79.9 Å². The molecule has 0 aliphatic rings. The van der Waals surface area contributed by atoms with E-state index < -0.39 is 16.3 Å². The highest BCUT2D eigenvalue weighted by molar-refractivity contribution is 5.90. The largest absolute Gasteiger partial charge is 0.454 e. The smallest absolute Gasteiger partial charge is 0.338 e. The van der Waals surface area contributed by atoms with E-state index in [1.807, 2.05) is 20.8 Å². The number of carbonyl (C=O) groups is 1. The van der Waals surface area contributed by atoms with E-state index in [0.717, 1.165) is 0 Å². The zero-order chi connectivity index (χ0) is 20.5. The highest BCUT2D eigenvalue weighted by Gasteiger charge is 2.26. The first-order valence-corrected chi connectivity index (χ1v) is 8.61. The predicted octanol–water partition coefficient (Wildman–Crippen LogP) is 3.49. The average Bonchev–Trinajstić information content (AvgIpc) is 2.65. The van der Waals surface area contributed by atoms with Crippen molar-refractivity contribution >= 4 is 22.6 Å². The first-order valence-electron chi connectivity index (χ1n) is 8.61. The number of esters is 1. The summed E-state index contributed by atoms with van der Waals surface area (Å²) in [5, 5.41) is 11.8. The van der Waals surface area contributed by atoms with E-state index in [0.29, 0.717) is 16.5 Å². The molecule has 28 heavy (non-hydrogen) atoms. The Labute approximate surface area is 160 Å². The molecule has 1 aromatic heterocycles. The van der Waals surface area contributed by atoms with Crippen LogP contribution in [0.4, 0.5) is 5.69 Å². The fourth-order valence-electron chi connectivity index (χ4n) is 2.86. The molecule has 0 saturated carbocycles. The highest BCUT2D eigenvalue weighted by Crippen LogP contribution is 2.32. The molecule has 0 bridgehead atoms. The predicted molar refractivity (Wildman–Crippen MR) is 103 cm³/mol. The Morgan fingerprint density at radius 2 is 1.93 bits per heavy atom. The lowest BCUT2D eigenvalue weighted by Gasteiger charge is -2.19. The van der Waals surface area contributed by atoms with E-state index in [1.165, 1.54) is 12.1 Å². The second kappa shape index (κ2) is 7.22. The molecule has 1 N–H and O–H groups in total. The third kappa shape index (κ3) is 3.90. The monoisotopic (exact) mass is 381 g/mol. The topological polar surface area (TPSA) is 115 Å². The number of aromatic amines is 1. The molecule has 3 rings (SSSR count). The van der Waals surface area contributed by atoms with E-state index in [1.54, 1.807) is 30.3 Å². The van der Waals surface area contributed by atoms with Gasteiger partial charge < -0.3 is 9.72 Å². The minimum absolute atomic E-state index is 0.0582. The van der Waals surface area contributed by atoms with Crippen LogP contribution in [0.2, 0.25) is 0 Å². The quantitative estimate of drug-likeness (QED) is 0.420. The van der Waals surface area contributed by atoms with Gasteiger partial charge in [-0.25, -0.2) is 9.78 Å². The van der Waals surface area contributed by atoms with Gasteiger partial charge in [0, 0.05) is 11.6 Å². The van der Waals surface area contributed by atoms with Crippen molar-refractivity contribution in [2.45, 2.75) is 32.8 Å². The number of nitro benzene ring substituents is 1. The molecule has 8 nitrogen and oxygen atoms in total. The van der Waals surface area contributed by atoms with Gasteiger partial charge in [-0.1, -0.05) is 39.0 Å². The zero-order valence-corrected chi connectivity index (χ0v) is 15.7. The van der Waals surface area contributed by atoms with Crippen molar-refractivity contribution in [1.82, 2.24) is 9.97 Å². The maximum Gasteiger partial charge on any atom is 0.338 e. The number of hydrogen-bond donors (Lipinski definition) is 1. The van der Waals surface area contributed by atoms with Gasteiger partial charge in [0.25, 0.3) is 11.2 Å². The fourth-order valence-corrected chi connectivity index (χ4v) is 2.86. The number of para-hydroxylation sites is 1. The number of fused-ring (bicyclic) bond motifs is 1. The molecule has 0 fully saturated rings. The minimum Gasteiger partial charge on any atom is -0.454 e. The van der Waals surface area contributed by atoms with Crippen LogP contribution in [0, 0.1) is 10.1 Å². The SMILES string of the molecule is CC(C)(C)c1ccc(C(=O)OCc2nc3ccccc3c(=O)[nH]2)cc1[N+](=O)[O-]. The van der Waals surface area contributed by atoms with Gasteiger partial charge in [0.15, 0.2) is 0 Å². The number of nitrogens with zero attached hydrogens (tertiary/aromatic N) is 2. The number of aromatic nitrogens is 2. The number of nitrogens with one attached hydrogen (secondary N) is 1. The molecular formula is C20H19N3O5. The molecule has 0 saturated heterocycles. The van der Waals surface area contributed by atoms with Crippen LogP contribution in [0.3, 0.4) is 0 Å². The molecule has 0 radical (unpaired) electrons. The van der Waals surface area contributed by atoms with Gasteiger partial charge in [0.05, 0.1) is 21.4 Å². The van der Waals surface area contributed by atoms with E-state index >= 15 is 0 Å². The first-order chi connectivity index (χ1) is 13.2. The minimum atomic E-state index is -0.737. The van der Waals surface area contributed by atoms with Gasteiger partial charge in [-0.2, -0.15) is 0 Å². The van der Waals surface area contributed by atoms with Gasteiger partial charge in [0.2, 0.25) is 0 Å². The van der Waals surface area contributed by atoms with Crippen molar-refractivity contribution in [3.8, 4) is 0 Å². The normalized spacial score (nSPS) is 11.4. The number of rotatable bonds is 4. The van der Waals surface area contributed by atoms with Gasteiger partial charge in [-0.05, 0) is 23.6 Å². The van der Waals surface area contributed by atoms with Gasteiger partial charge in [-0.15, -0.1) is 0 Å². The van der Waals surface area contributed by atoms with Gasteiger partial charge in [0.1, 0.15) is 12.4 Å². The van der Waals surface area contributed by atoms with Crippen molar-refractivity contribution in [2.75, 3.05) is 0 Å². The molecule has 0 amide bonds. The summed E-state index contributed by atoms with van der Waals surface area (Å²) in [4.78, 5) is 42.1. The Kier molecular flexibility index (Phi) is 4.96. The third-order valence-corrected chi connectivity index (χ3v) is 4.24. The van der Waals surface area contributed by atoms with Crippen LogP contribution in [0.5, 0.6) is 0 Å². The third-order valence-electron chi connectivity index (χ3n) is 4.24. The molecule has 8 heteroatoms. The number of H-pyrrole nitrogens is 1. The van der Waals surface area contributed by atoms with Crippen LogP contribution in [0.15, 0.2) is 47.3 Å². The Morgan fingerprint density at radius 3 is 2.61 bits per heavy atom. The Hall–Kier alpha value is -3.55. The second-order valence-electron chi connectivity index (χ2n) is 7.34. The highest BCUT2D eigenvalue weighted by atomic mass is 16.6. The number of benzene rings is 2. The number of nitro groups is 1. The van der Waals surface area contributed by atoms with Crippen LogP contribution in [-0.4, -0.2) is 20.9 Å². The van der Waals surface area contributed by atoms with Crippen LogP contribution in [-0.2, 0) is 16.8 Å². The van der Waals surface area contributed by atoms with E-state index in [-0.39, 0.29) is 29.2 Å². The Morgan fingerprint density at radius 1 is 1.21 bits per heavy atom. The van der Waals surface area contributed by atoms with Crippen molar-refractivity contribution in [1.29, 1.82) is 0 Å². The number of ether oxygens (including phenoxy) is 1. The molecule has 3 aromatic rings. The maximum absolute atomic E-state index is 12.3. The summed E-state index contributed by atoms with van der Waals surface area (Å²) in [5.74, 6) is -0.544. The summed E-state index contributed by atoms with van der Waals surface area (Å²) in [5.41, 5.74) is 0.153. The number of hydrogen-bond acceptors (Lipinski definition) is 6. The summed E-state index contributed by atoms with van der Waals surface area (Å²) in [6.45, 7) is 5.31. The lowest BCUT2D eigenvalue weighted by Crippen LogP contribution is -2.16. The Balaban J connectivity index is 1.83. The number of carbonyl (C=O) groups excluding carboxylic acids is 1. The van der Waals surface area contributed by atoms with Gasteiger partial charge in [-0.3, -0.25) is 14.9 Å². The van der Waals surface area contributed by atoms with Crippen molar-refractivity contribution in [3.63, 3.8) is 0 Å². The molecule has 2 aromatic carbocycles. The van der Waals surface area contributed by atoms with E-state index in [4.69, 9.17) is 4.74 Å².